The molecule has 48 heavy (non-hydrogen) atoms. The zero-order chi connectivity index (χ0) is 34.0. The van der Waals surface area contributed by atoms with Crippen molar-refractivity contribution < 1.29 is 51.2 Å². The molecular formula is C22H24F2N10O10P2S2. The van der Waals surface area contributed by atoms with Crippen molar-refractivity contribution >= 4 is 65.6 Å². The van der Waals surface area contributed by atoms with Crippen molar-refractivity contribution in [2.75, 3.05) is 24.7 Å². The van der Waals surface area contributed by atoms with Crippen LogP contribution in [-0.4, -0.2) is 104 Å². The van der Waals surface area contributed by atoms with Crippen molar-refractivity contribution in [1.29, 1.82) is 0 Å². The van der Waals surface area contributed by atoms with E-state index in [0.29, 0.717) is 0 Å². The fraction of sp³-hybridized carbons (Fsp3) is 0.545. The van der Waals surface area contributed by atoms with Crippen LogP contribution in [-0.2, 0) is 51.2 Å². The average Bonchev–Trinajstić information content (AvgIpc) is 3.49. The lowest BCUT2D eigenvalue weighted by Gasteiger charge is -2.28. The van der Waals surface area contributed by atoms with Gasteiger partial charge in [0, 0.05) is 6.42 Å². The Hall–Kier alpha value is -2.70. The summed E-state index contributed by atoms with van der Waals surface area (Å²) >= 11 is 10.5. The lowest BCUT2D eigenvalue weighted by molar-refractivity contribution is -0.0525. The van der Waals surface area contributed by atoms with E-state index in [9.17, 15) is 19.7 Å². The molecule has 8 rings (SSSR count). The summed E-state index contributed by atoms with van der Waals surface area (Å²) in [7, 11) is 0. The number of aliphatic hydroxyl groups is 1. The van der Waals surface area contributed by atoms with Gasteiger partial charge in [0.1, 0.15) is 36.8 Å². The largest absolute Gasteiger partial charge is 0.386 e. The number of fused-ring (bicyclic) bond motifs is 3. The molecule has 258 valence electrons. The number of H-pyrrole nitrogens is 1. The highest BCUT2D eigenvalue weighted by atomic mass is 32.5. The number of aliphatic hydroxyl groups excluding tert-OH is 1. The number of alkyl halides is 2. The Morgan fingerprint density at radius 2 is 1.79 bits per heavy atom. The van der Waals surface area contributed by atoms with E-state index in [-0.39, 0.29) is 34.3 Å². The first-order chi connectivity index (χ1) is 22.6. The maximum Gasteiger partial charge on any atom is 0.325 e. The van der Waals surface area contributed by atoms with Crippen molar-refractivity contribution in [3.8, 4) is 0 Å². The normalized spacial score (nSPS) is 39.6. The predicted octanol–water partition coefficient (Wildman–Crippen LogP) is -0.604. The molecule has 10 atom stereocenters. The number of imidazole rings is 2. The molecule has 20 nitrogen and oxygen atoms in total. The highest BCUT2D eigenvalue weighted by molar-refractivity contribution is 8.07. The number of nitrogen functional groups attached to an aromatic ring is 2. The number of anilines is 2. The number of nitrogens with zero attached hydrogens (tertiary/aromatic N) is 7. The summed E-state index contributed by atoms with van der Waals surface area (Å²) in [5.74, 6) is -3.65. The molecule has 4 aliphatic rings. The Kier molecular flexibility index (Phi) is 7.38. The first kappa shape index (κ1) is 32.5. The van der Waals surface area contributed by atoms with Crippen molar-refractivity contribution in [3.63, 3.8) is 0 Å². The Morgan fingerprint density at radius 3 is 2.54 bits per heavy atom. The van der Waals surface area contributed by atoms with Crippen LogP contribution >= 0.6 is 13.4 Å². The molecule has 8 N–H and O–H groups in total. The highest BCUT2D eigenvalue weighted by Crippen LogP contribution is 2.73. The van der Waals surface area contributed by atoms with Crippen LogP contribution in [0.4, 0.5) is 20.5 Å². The number of hydrogen-bond acceptors (Lipinski definition) is 17. The molecule has 4 fully saturated rings. The van der Waals surface area contributed by atoms with Gasteiger partial charge in [-0.3, -0.25) is 18.9 Å². The first-order valence-electron chi connectivity index (χ1n) is 14.0. The van der Waals surface area contributed by atoms with Gasteiger partial charge in [-0.1, -0.05) is 0 Å². The second-order valence-corrected chi connectivity index (χ2v) is 17.1. The maximum absolute atomic E-state index is 15.4. The Balaban J connectivity index is 1.15. The van der Waals surface area contributed by atoms with Crippen LogP contribution in [0.1, 0.15) is 24.4 Å². The standard InChI is InChI=1S/C22H24F2N10O10P2S2/c23-22(24)4-21(22)9-3-40-45(37,47)43-13-8(41-19(11(13)35)33-6-29-10-16(33)31-20(26)32-18(10)36)2-39-46(38,48)44-14(21)12(42-9)7-1-27-17-15(25)28-5-30-34(7)17/h1,5-6,8-9,11-14,19,35H,2-4H2,(H,37,47)(H,38,48)(H2,25,28,30)(H3,26,31,32,36)/t8-,9-,11-,12+,13-,14+,19-,21-,45?,46?/m1/s1. The Labute approximate surface area is 275 Å². The molecule has 2 bridgehead atoms. The van der Waals surface area contributed by atoms with Crippen LogP contribution in [0.25, 0.3) is 16.8 Å². The van der Waals surface area contributed by atoms with Gasteiger partial charge in [0.2, 0.25) is 5.95 Å². The molecule has 1 saturated carbocycles. The summed E-state index contributed by atoms with van der Waals surface area (Å²) in [4.78, 5) is 53.1. The predicted molar refractivity (Wildman–Crippen MR) is 162 cm³/mol. The molecule has 0 radical (unpaired) electrons. The molecule has 4 aromatic rings. The molecule has 26 heteroatoms. The van der Waals surface area contributed by atoms with Gasteiger partial charge in [0.25, 0.3) is 11.5 Å². The van der Waals surface area contributed by atoms with E-state index in [1.54, 1.807) is 0 Å². The van der Waals surface area contributed by atoms with E-state index in [1.165, 1.54) is 15.3 Å². The van der Waals surface area contributed by atoms with Gasteiger partial charge < -0.3 is 49.4 Å². The van der Waals surface area contributed by atoms with Crippen molar-refractivity contribution in [1.82, 2.24) is 39.1 Å². The zero-order valence-corrected chi connectivity index (χ0v) is 27.3. The van der Waals surface area contributed by atoms with Crippen molar-refractivity contribution in [3.05, 3.63) is 34.9 Å². The molecule has 2 unspecified atom stereocenters. The molecule has 4 aromatic heterocycles. The second-order valence-electron chi connectivity index (χ2n) is 11.5. The summed E-state index contributed by atoms with van der Waals surface area (Å²) in [6.45, 7) is -10.2. The minimum absolute atomic E-state index is 0.00437. The summed E-state index contributed by atoms with van der Waals surface area (Å²) in [6.07, 6.45) is -7.61. The summed E-state index contributed by atoms with van der Waals surface area (Å²) < 4.78 is 68.0. The molecular weight excluding hydrogens is 728 g/mol. The topological polar surface area (TPSA) is 275 Å². The number of rotatable bonds is 2. The van der Waals surface area contributed by atoms with Gasteiger partial charge in [0.05, 0.1) is 43.0 Å². The van der Waals surface area contributed by atoms with Crippen molar-refractivity contribution in [2.45, 2.75) is 55.2 Å². The van der Waals surface area contributed by atoms with Crippen LogP contribution in [0.2, 0.25) is 0 Å². The Bertz CT molecular complexity index is 2120. The number of hydrogen-bond donors (Lipinski definition) is 6. The summed E-state index contributed by atoms with van der Waals surface area (Å²) in [5, 5.41) is 15.4. The van der Waals surface area contributed by atoms with Gasteiger partial charge >= 0.3 is 13.4 Å². The van der Waals surface area contributed by atoms with Crippen molar-refractivity contribution in [2.24, 2.45) is 5.41 Å². The quantitative estimate of drug-likeness (QED) is 0.139. The van der Waals surface area contributed by atoms with Crippen LogP contribution in [0.5, 0.6) is 0 Å². The fourth-order valence-corrected chi connectivity index (χ4v) is 9.32. The number of nitrogens with two attached hydrogens (primary N) is 2. The lowest BCUT2D eigenvalue weighted by Crippen LogP contribution is -2.36. The molecule has 7 heterocycles. The number of nitrogens with one attached hydrogen (secondary N) is 1. The van der Waals surface area contributed by atoms with Crippen LogP contribution in [0.3, 0.4) is 0 Å². The van der Waals surface area contributed by atoms with Gasteiger partial charge in [-0.25, -0.2) is 28.2 Å². The fourth-order valence-electron chi connectivity index (χ4n) is 6.44. The van der Waals surface area contributed by atoms with Crippen LogP contribution in [0, 0.1) is 5.41 Å². The molecule has 1 aliphatic carbocycles. The van der Waals surface area contributed by atoms with E-state index >= 15 is 8.78 Å². The number of aromatic amines is 1. The lowest BCUT2D eigenvalue weighted by atomic mass is 9.91. The number of halogens is 2. The zero-order valence-electron chi connectivity index (χ0n) is 23.8. The molecule has 0 aromatic carbocycles. The summed E-state index contributed by atoms with van der Waals surface area (Å²) in [5.41, 5.74) is 8.86. The summed E-state index contributed by atoms with van der Waals surface area (Å²) in [6, 6.07) is 0. The van der Waals surface area contributed by atoms with Crippen LogP contribution in [0.15, 0.2) is 23.6 Å². The third-order valence-corrected chi connectivity index (χ3v) is 11.8. The van der Waals surface area contributed by atoms with E-state index in [4.69, 9.17) is 62.6 Å². The average molecular weight is 753 g/mol. The smallest absolute Gasteiger partial charge is 0.325 e. The molecule has 3 saturated heterocycles. The maximum atomic E-state index is 15.4. The minimum atomic E-state index is -4.44. The number of ether oxygens (including phenoxy) is 2. The second kappa shape index (κ2) is 10.9. The van der Waals surface area contributed by atoms with Gasteiger partial charge in [0.15, 0.2) is 28.9 Å². The van der Waals surface area contributed by atoms with Crippen LogP contribution < -0.4 is 17.0 Å². The minimum Gasteiger partial charge on any atom is -0.386 e. The molecule has 0 amide bonds. The van der Waals surface area contributed by atoms with Gasteiger partial charge in [-0.2, -0.15) is 10.1 Å². The van der Waals surface area contributed by atoms with E-state index < -0.39 is 92.8 Å². The molecule has 1 spiro atoms. The monoisotopic (exact) mass is 752 g/mol. The van der Waals surface area contributed by atoms with Gasteiger partial charge in [-0.05, 0) is 23.6 Å². The number of aromatic nitrogens is 8. The third-order valence-electron chi connectivity index (χ3n) is 8.71. The van der Waals surface area contributed by atoms with E-state index in [0.717, 1.165) is 12.7 Å². The third kappa shape index (κ3) is 5.01. The highest BCUT2D eigenvalue weighted by Gasteiger charge is 2.83. The Morgan fingerprint density at radius 1 is 1.06 bits per heavy atom. The van der Waals surface area contributed by atoms with E-state index in [2.05, 4.69) is 30.0 Å². The first-order valence-corrected chi connectivity index (χ1v) is 19.1. The molecule has 3 aliphatic heterocycles. The van der Waals surface area contributed by atoms with E-state index in [1.807, 2.05) is 0 Å². The SMILES string of the molecule is Nc1nc2c(ncn2[C@@H]2O[C@@H]3COP(O)(=S)O[C@H]4[C@H](c5cnc6c(N)ncnn56)O[C@H](COP(O)(=S)O[C@H]3[C@H]2O)[C@]42CC2(F)F)c(=O)[nH]1. The van der Waals surface area contributed by atoms with Gasteiger partial charge in [-0.15, -0.1) is 0 Å².